The summed E-state index contributed by atoms with van der Waals surface area (Å²) in [6.45, 7) is 6.01. The van der Waals surface area contributed by atoms with Crippen molar-refractivity contribution in [2.75, 3.05) is 19.8 Å². The summed E-state index contributed by atoms with van der Waals surface area (Å²) in [4.78, 5) is 32.2. The molecule has 0 saturated heterocycles. The number of rotatable bonds is 11. The van der Waals surface area contributed by atoms with E-state index >= 15 is 0 Å². The molecule has 0 saturated carbocycles. The van der Waals surface area contributed by atoms with Crippen LogP contribution in [-0.2, 0) is 46.6 Å². The second kappa shape index (κ2) is 13.0. The molecule has 0 N–H and O–H groups in total. The molecule has 2 aromatic carbocycles. The highest BCUT2D eigenvalue weighted by Gasteiger charge is 2.28. The standard InChI is InChI=1S/C31H36N2O4/c1-3-23-9-12-28(32-21-23)16-18-37-29-13-10-24(11-14-29)19-27(31(35)36-4-2)20-30(34)33-17-15-25-7-5-6-8-26(25)22-33/h5-14,21,27H,3-4,15-20,22H2,1-2H3. The number of aromatic nitrogens is 1. The molecule has 0 bridgehead atoms. The third-order valence-corrected chi connectivity index (χ3v) is 6.85. The van der Waals surface area contributed by atoms with Crippen molar-refractivity contribution >= 4 is 11.9 Å². The van der Waals surface area contributed by atoms with E-state index in [0.29, 0.717) is 32.7 Å². The summed E-state index contributed by atoms with van der Waals surface area (Å²) in [6, 6.07) is 20.1. The van der Waals surface area contributed by atoms with Crippen LogP contribution < -0.4 is 4.74 Å². The van der Waals surface area contributed by atoms with Crippen LogP contribution in [0.25, 0.3) is 0 Å². The van der Waals surface area contributed by atoms with Gasteiger partial charge in [0.2, 0.25) is 5.91 Å². The molecule has 4 rings (SSSR count). The summed E-state index contributed by atoms with van der Waals surface area (Å²) in [5.41, 5.74) is 5.68. The molecular formula is C31H36N2O4. The lowest BCUT2D eigenvalue weighted by molar-refractivity contribution is -0.151. The van der Waals surface area contributed by atoms with Gasteiger partial charge >= 0.3 is 5.97 Å². The van der Waals surface area contributed by atoms with Gasteiger partial charge in [-0.25, -0.2) is 0 Å². The fraction of sp³-hybridized carbons (Fsp3) is 0.387. The molecular weight excluding hydrogens is 464 g/mol. The normalized spacial score (nSPS) is 13.5. The summed E-state index contributed by atoms with van der Waals surface area (Å²) in [6.07, 6.45) is 5.06. The number of ether oxygens (including phenoxy) is 2. The molecule has 2 heterocycles. The van der Waals surface area contributed by atoms with Crippen LogP contribution in [0, 0.1) is 5.92 Å². The number of nitrogens with zero attached hydrogens (tertiary/aromatic N) is 2. The number of benzene rings is 2. The summed E-state index contributed by atoms with van der Waals surface area (Å²) in [5.74, 6) is -0.0820. The van der Waals surface area contributed by atoms with Crippen LogP contribution in [0.5, 0.6) is 5.75 Å². The van der Waals surface area contributed by atoms with Crippen LogP contribution in [0.3, 0.4) is 0 Å². The van der Waals surface area contributed by atoms with Crippen molar-refractivity contribution in [2.45, 2.75) is 52.5 Å². The average Bonchev–Trinajstić information content (AvgIpc) is 2.93. The van der Waals surface area contributed by atoms with Gasteiger partial charge in [-0.3, -0.25) is 14.6 Å². The minimum absolute atomic E-state index is 0.00640. The number of aryl methyl sites for hydroxylation is 1. The van der Waals surface area contributed by atoms with Crippen molar-refractivity contribution in [3.05, 3.63) is 94.8 Å². The third-order valence-electron chi connectivity index (χ3n) is 6.85. The predicted molar refractivity (Wildman–Crippen MR) is 143 cm³/mol. The summed E-state index contributed by atoms with van der Waals surface area (Å²) < 4.78 is 11.2. The molecule has 1 amide bonds. The van der Waals surface area contributed by atoms with Crippen molar-refractivity contribution in [3.63, 3.8) is 0 Å². The second-order valence-electron chi connectivity index (χ2n) is 9.44. The molecule has 3 aromatic rings. The zero-order valence-electron chi connectivity index (χ0n) is 21.8. The SMILES string of the molecule is CCOC(=O)C(CC(=O)N1CCc2ccccc2C1)Cc1ccc(OCCc2ccc(CC)cn2)cc1. The van der Waals surface area contributed by atoms with Gasteiger partial charge in [-0.05, 0) is 66.6 Å². The van der Waals surface area contributed by atoms with Gasteiger partial charge in [0.15, 0.2) is 0 Å². The molecule has 0 fully saturated rings. The van der Waals surface area contributed by atoms with Crippen molar-refractivity contribution in [2.24, 2.45) is 5.92 Å². The van der Waals surface area contributed by atoms with E-state index in [9.17, 15) is 9.59 Å². The number of amides is 1. The fourth-order valence-electron chi connectivity index (χ4n) is 4.64. The Morgan fingerprint density at radius 1 is 0.973 bits per heavy atom. The first-order valence-corrected chi connectivity index (χ1v) is 13.2. The van der Waals surface area contributed by atoms with E-state index in [2.05, 4.69) is 30.1 Å². The monoisotopic (exact) mass is 500 g/mol. The number of carbonyl (C=O) groups excluding carboxylic acids is 2. The first-order chi connectivity index (χ1) is 18.1. The van der Waals surface area contributed by atoms with E-state index in [4.69, 9.17) is 9.47 Å². The van der Waals surface area contributed by atoms with E-state index in [-0.39, 0.29) is 18.3 Å². The molecule has 37 heavy (non-hydrogen) atoms. The van der Waals surface area contributed by atoms with Gasteiger partial charge in [-0.2, -0.15) is 0 Å². The maximum absolute atomic E-state index is 13.1. The highest BCUT2D eigenvalue weighted by molar-refractivity contribution is 5.83. The van der Waals surface area contributed by atoms with Crippen LogP contribution in [0.2, 0.25) is 0 Å². The van der Waals surface area contributed by atoms with E-state index in [1.54, 1.807) is 6.92 Å². The maximum Gasteiger partial charge on any atom is 0.309 e. The Labute approximate surface area is 219 Å². The van der Waals surface area contributed by atoms with E-state index in [0.717, 1.165) is 36.3 Å². The first-order valence-electron chi connectivity index (χ1n) is 13.2. The lowest BCUT2D eigenvalue weighted by atomic mass is 9.94. The van der Waals surface area contributed by atoms with Gasteiger partial charge in [-0.15, -0.1) is 0 Å². The molecule has 1 aromatic heterocycles. The largest absolute Gasteiger partial charge is 0.493 e. The van der Waals surface area contributed by atoms with E-state index in [1.165, 1.54) is 16.7 Å². The van der Waals surface area contributed by atoms with Gasteiger partial charge in [0.05, 0.1) is 19.1 Å². The Kier molecular flexibility index (Phi) is 9.30. The number of esters is 1. The fourth-order valence-corrected chi connectivity index (χ4v) is 4.64. The number of carbonyl (C=O) groups is 2. The highest BCUT2D eigenvalue weighted by atomic mass is 16.5. The molecule has 6 heteroatoms. The van der Waals surface area contributed by atoms with Crippen LogP contribution >= 0.6 is 0 Å². The Morgan fingerprint density at radius 3 is 2.43 bits per heavy atom. The molecule has 0 spiro atoms. The van der Waals surface area contributed by atoms with Gasteiger partial charge in [0.25, 0.3) is 0 Å². The summed E-state index contributed by atoms with van der Waals surface area (Å²) in [5, 5.41) is 0. The minimum Gasteiger partial charge on any atom is -0.493 e. The van der Waals surface area contributed by atoms with Gasteiger partial charge < -0.3 is 14.4 Å². The highest BCUT2D eigenvalue weighted by Crippen LogP contribution is 2.23. The minimum atomic E-state index is -0.520. The molecule has 0 aliphatic carbocycles. The Balaban J connectivity index is 1.32. The van der Waals surface area contributed by atoms with E-state index < -0.39 is 5.92 Å². The Bertz CT molecular complexity index is 1170. The quantitative estimate of drug-likeness (QED) is 0.348. The van der Waals surface area contributed by atoms with Crippen LogP contribution in [0.4, 0.5) is 0 Å². The lowest BCUT2D eigenvalue weighted by Crippen LogP contribution is -2.38. The zero-order valence-corrected chi connectivity index (χ0v) is 21.8. The topological polar surface area (TPSA) is 68.7 Å². The van der Waals surface area contributed by atoms with Gasteiger partial charge in [0, 0.05) is 37.8 Å². The van der Waals surface area contributed by atoms with Crippen molar-refractivity contribution in [3.8, 4) is 5.75 Å². The predicted octanol–water partition coefficient (Wildman–Crippen LogP) is 4.96. The molecule has 6 nitrogen and oxygen atoms in total. The zero-order chi connectivity index (χ0) is 26.0. The Morgan fingerprint density at radius 2 is 1.73 bits per heavy atom. The summed E-state index contributed by atoms with van der Waals surface area (Å²) in [7, 11) is 0. The van der Waals surface area contributed by atoms with Crippen molar-refractivity contribution < 1.29 is 19.1 Å². The van der Waals surface area contributed by atoms with Crippen LogP contribution in [0.15, 0.2) is 66.9 Å². The smallest absolute Gasteiger partial charge is 0.309 e. The van der Waals surface area contributed by atoms with Gasteiger partial charge in [0.1, 0.15) is 5.75 Å². The third kappa shape index (κ3) is 7.42. The molecule has 1 aliphatic heterocycles. The lowest BCUT2D eigenvalue weighted by Gasteiger charge is -2.30. The van der Waals surface area contributed by atoms with Crippen molar-refractivity contribution in [1.82, 2.24) is 9.88 Å². The first kappa shape index (κ1) is 26.4. The summed E-state index contributed by atoms with van der Waals surface area (Å²) >= 11 is 0. The van der Waals surface area contributed by atoms with Gasteiger partial charge in [-0.1, -0.05) is 49.4 Å². The number of fused-ring (bicyclic) bond motifs is 1. The molecule has 1 atom stereocenters. The molecule has 194 valence electrons. The van der Waals surface area contributed by atoms with Crippen molar-refractivity contribution in [1.29, 1.82) is 0 Å². The molecule has 1 unspecified atom stereocenters. The Hall–Kier alpha value is -3.67. The van der Waals surface area contributed by atoms with Crippen LogP contribution in [0.1, 0.15) is 48.2 Å². The number of pyridine rings is 1. The van der Waals surface area contributed by atoms with Crippen LogP contribution in [-0.4, -0.2) is 41.5 Å². The second-order valence-corrected chi connectivity index (χ2v) is 9.44. The van der Waals surface area contributed by atoms with E-state index in [1.807, 2.05) is 53.6 Å². The average molecular weight is 501 g/mol. The number of hydrogen-bond donors (Lipinski definition) is 0. The molecule has 1 aliphatic rings. The maximum atomic E-state index is 13.1. The number of hydrogen-bond acceptors (Lipinski definition) is 5. The molecule has 0 radical (unpaired) electrons.